The average Bonchev–Trinajstić information content (AvgIpc) is 2.65. The van der Waals surface area contributed by atoms with Gasteiger partial charge in [-0.1, -0.05) is 35.9 Å². The molecular formula is C20H23ClN2O2. The molecule has 0 atom stereocenters. The minimum atomic E-state index is 0.107. The molecule has 1 aliphatic heterocycles. The number of benzene rings is 2. The van der Waals surface area contributed by atoms with E-state index < -0.39 is 0 Å². The number of carbonyl (C=O) groups excluding carboxylic acids is 1. The SMILES string of the molecule is COCc1ccc(C(=O)N2CCN(Cc3ccc(Cl)cc3)CC2)cc1. The molecule has 1 amide bonds. The zero-order valence-electron chi connectivity index (χ0n) is 14.5. The molecule has 2 aromatic carbocycles. The largest absolute Gasteiger partial charge is 0.380 e. The number of hydrogen-bond acceptors (Lipinski definition) is 3. The van der Waals surface area contributed by atoms with E-state index in [1.165, 1.54) is 5.56 Å². The summed E-state index contributed by atoms with van der Waals surface area (Å²) in [5, 5.41) is 0.760. The fourth-order valence-corrected chi connectivity index (χ4v) is 3.18. The molecule has 1 heterocycles. The highest BCUT2D eigenvalue weighted by atomic mass is 35.5. The number of amides is 1. The van der Waals surface area contributed by atoms with Crippen LogP contribution in [0.1, 0.15) is 21.5 Å². The molecule has 5 heteroatoms. The van der Waals surface area contributed by atoms with Gasteiger partial charge in [0.2, 0.25) is 0 Å². The van der Waals surface area contributed by atoms with E-state index in [0.717, 1.165) is 48.9 Å². The summed E-state index contributed by atoms with van der Waals surface area (Å²) in [6.45, 7) is 4.74. The zero-order valence-corrected chi connectivity index (χ0v) is 15.2. The Morgan fingerprint density at radius 3 is 2.16 bits per heavy atom. The Kier molecular flexibility index (Phi) is 6.08. The predicted octanol–water partition coefficient (Wildman–Crippen LogP) is 3.44. The zero-order chi connectivity index (χ0) is 17.6. The number of halogens is 1. The maximum atomic E-state index is 12.6. The van der Waals surface area contributed by atoms with Crippen LogP contribution < -0.4 is 0 Å². The van der Waals surface area contributed by atoms with Gasteiger partial charge in [0.25, 0.3) is 5.91 Å². The number of ether oxygens (including phenoxy) is 1. The first-order valence-electron chi connectivity index (χ1n) is 8.49. The quantitative estimate of drug-likeness (QED) is 0.820. The van der Waals surface area contributed by atoms with Crippen molar-refractivity contribution in [1.82, 2.24) is 9.80 Å². The third-order valence-electron chi connectivity index (χ3n) is 4.49. The topological polar surface area (TPSA) is 32.8 Å². The molecule has 0 unspecified atom stereocenters. The van der Waals surface area contributed by atoms with Gasteiger partial charge in [0.15, 0.2) is 0 Å². The Morgan fingerprint density at radius 1 is 0.960 bits per heavy atom. The molecule has 1 saturated heterocycles. The number of nitrogens with zero attached hydrogens (tertiary/aromatic N) is 2. The summed E-state index contributed by atoms with van der Waals surface area (Å²) in [5.74, 6) is 0.107. The van der Waals surface area contributed by atoms with Crippen LogP contribution in [0.2, 0.25) is 5.02 Å². The minimum Gasteiger partial charge on any atom is -0.380 e. The fourth-order valence-electron chi connectivity index (χ4n) is 3.05. The van der Waals surface area contributed by atoms with E-state index in [0.29, 0.717) is 6.61 Å². The number of carbonyl (C=O) groups is 1. The highest BCUT2D eigenvalue weighted by molar-refractivity contribution is 6.30. The molecule has 1 fully saturated rings. The van der Waals surface area contributed by atoms with Crippen molar-refractivity contribution >= 4 is 17.5 Å². The van der Waals surface area contributed by atoms with Crippen LogP contribution in [0.4, 0.5) is 0 Å². The Balaban J connectivity index is 1.52. The normalized spacial score (nSPS) is 15.4. The van der Waals surface area contributed by atoms with Gasteiger partial charge >= 0.3 is 0 Å². The molecule has 132 valence electrons. The lowest BCUT2D eigenvalue weighted by Crippen LogP contribution is -2.48. The minimum absolute atomic E-state index is 0.107. The molecule has 3 rings (SSSR count). The molecule has 0 spiro atoms. The number of piperazine rings is 1. The summed E-state index contributed by atoms with van der Waals surface area (Å²) in [7, 11) is 1.67. The summed E-state index contributed by atoms with van der Waals surface area (Å²) in [4.78, 5) is 16.9. The van der Waals surface area contributed by atoms with Gasteiger partial charge in [-0.2, -0.15) is 0 Å². The standard InChI is InChI=1S/C20H23ClN2O2/c1-25-15-17-2-6-18(7-3-17)20(24)23-12-10-22(11-13-23)14-16-4-8-19(21)9-5-16/h2-9H,10-15H2,1H3. The van der Waals surface area contributed by atoms with E-state index in [-0.39, 0.29) is 5.91 Å². The third kappa shape index (κ3) is 4.82. The summed E-state index contributed by atoms with van der Waals surface area (Å²) in [6.07, 6.45) is 0. The van der Waals surface area contributed by atoms with E-state index in [9.17, 15) is 4.79 Å². The fraction of sp³-hybridized carbons (Fsp3) is 0.350. The third-order valence-corrected chi connectivity index (χ3v) is 4.74. The monoisotopic (exact) mass is 358 g/mol. The maximum Gasteiger partial charge on any atom is 0.253 e. The summed E-state index contributed by atoms with van der Waals surface area (Å²) >= 11 is 5.93. The molecule has 0 saturated carbocycles. The van der Waals surface area contributed by atoms with Crippen LogP contribution >= 0.6 is 11.6 Å². The molecule has 0 aromatic heterocycles. The summed E-state index contributed by atoms with van der Waals surface area (Å²) in [6, 6.07) is 15.6. The van der Waals surface area contributed by atoms with Crippen LogP contribution in [0.25, 0.3) is 0 Å². The van der Waals surface area contributed by atoms with Gasteiger partial charge in [0, 0.05) is 50.4 Å². The van der Waals surface area contributed by atoms with Crippen LogP contribution in [0.5, 0.6) is 0 Å². The molecule has 1 aliphatic rings. The van der Waals surface area contributed by atoms with E-state index in [1.807, 2.05) is 41.3 Å². The van der Waals surface area contributed by atoms with Gasteiger partial charge in [-0.3, -0.25) is 9.69 Å². The van der Waals surface area contributed by atoms with Crippen LogP contribution in [-0.4, -0.2) is 49.0 Å². The van der Waals surface area contributed by atoms with Crippen LogP contribution in [-0.2, 0) is 17.9 Å². The second-order valence-corrected chi connectivity index (χ2v) is 6.76. The number of methoxy groups -OCH3 is 1. The first-order valence-corrected chi connectivity index (χ1v) is 8.87. The van der Waals surface area contributed by atoms with Gasteiger partial charge in [-0.25, -0.2) is 0 Å². The van der Waals surface area contributed by atoms with Gasteiger partial charge in [0.1, 0.15) is 0 Å². The van der Waals surface area contributed by atoms with Crippen molar-refractivity contribution in [1.29, 1.82) is 0 Å². The molecule has 0 N–H and O–H groups in total. The van der Waals surface area contributed by atoms with E-state index >= 15 is 0 Å². The molecule has 0 radical (unpaired) electrons. The van der Waals surface area contributed by atoms with Crippen molar-refractivity contribution in [2.45, 2.75) is 13.2 Å². The van der Waals surface area contributed by atoms with Crippen molar-refractivity contribution in [3.8, 4) is 0 Å². The van der Waals surface area contributed by atoms with Crippen molar-refractivity contribution in [2.75, 3.05) is 33.3 Å². The number of hydrogen-bond donors (Lipinski definition) is 0. The summed E-state index contributed by atoms with van der Waals surface area (Å²) < 4.78 is 5.10. The lowest BCUT2D eigenvalue weighted by atomic mass is 10.1. The van der Waals surface area contributed by atoms with E-state index in [4.69, 9.17) is 16.3 Å². The van der Waals surface area contributed by atoms with Gasteiger partial charge < -0.3 is 9.64 Å². The molecule has 0 bridgehead atoms. The Hall–Kier alpha value is -1.88. The lowest BCUT2D eigenvalue weighted by molar-refractivity contribution is 0.0628. The van der Waals surface area contributed by atoms with Crippen LogP contribution in [0, 0.1) is 0 Å². The Bertz CT molecular complexity index is 693. The second-order valence-electron chi connectivity index (χ2n) is 6.32. The summed E-state index contributed by atoms with van der Waals surface area (Å²) in [5.41, 5.74) is 3.07. The smallest absolute Gasteiger partial charge is 0.253 e. The highest BCUT2D eigenvalue weighted by Crippen LogP contribution is 2.15. The highest BCUT2D eigenvalue weighted by Gasteiger charge is 2.22. The van der Waals surface area contributed by atoms with E-state index in [1.54, 1.807) is 7.11 Å². The van der Waals surface area contributed by atoms with Crippen LogP contribution in [0.3, 0.4) is 0 Å². The second kappa shape index (κ2) is 8.48. The maximum absolute atomic E-state index is 12.6. The van der Waals surface area contributed by atoms with Gasteiger partial charge in [-0.05, 0) is 35.4 Å². The van der Waals surface area contributed by atoms with Crippen molar-refractivity contribution < 1.29 is 9.53 Å². The van der Waals surface area contributed by atoms with E-state index in [2.05, 4.69) is 17.0 Å². The molecule has 4 nitrogen and oxygen atoms in total. The van der Waals surface area contributed by atoms with Crippen molar-refractivity contribution in [3.63, 3.8) is 0 Å². The first kappa shape index (κ1) is 17.9. The molecular weight excluding hydrogens is 336 g/mol. The van der Waals surface area contributed by atoms with Crippen molar-refractivity contribution in [3.05, 3.63) is 70.2 Å². The average molecular weight is 359 g/mol. The molecule has 0 aliphatic carbocycles. The molecule has 25 heavy (non-hydrogen) atoms. The Labute approximate surface area is 154 Å². The molecule has 2 aromatic rings. The van der Waals surface area contributed by atoms with Gasteiger partial charge in [0.05, 0.1) is 6.61 Å². The predicted molar refractivity (Wildman–Crippen MR) is 99.8 cm³/mol. The van der Waals surface area contributed by atoms with Crippen molar-refractivity contribution in [2.24, 2.45) is 0 Å². The Morgan fingerprint density at radius 2 is 1.56 bits per heavy atom. The lowest BCUT2D eigenvalue weighted by Gasteiger charge is -2.34. The number of rotatable bonds is 5. The van der Waals surface area contributed by atoms with Gasteiger partial charge in [-0.15, -0.1) is 0 Å². The van der Waals surface area contributed by atoms with Crippen LogP contribution in [0.15, 0.2) is 48.5 Å². The first-order chi connectivity index (χ1) is 12.2.